The van der Waals surface area contributed by atoms with Crippen molar-refractivity contribution in [1.29, 1.82) is 0 Å². The maximum atomic E-state index is 12.6. The highest BCUT2D eigenvalue weighted by atomic mass is 35.5. The van der Waals surface area contributed by atoms with E-state index >= 15 is 0 Å². The number of aryl methyl sites for hydroxylation is 1. The summed E-state index contributed by atoms with van der Waals surface area (Å²) in [5, 5.41) is 3.71. The molecule has 0 saturated carbocycles. The molecule has 1 atom stereocenters. The Bertz CT molecular complexity index is 560. The molecule has 1 aromatic rings. The highest BCUT2D eigenvalue weighted by Crippen LogP contribution is 2.25. The Kier molecular flexibility index (Phi) is 4.50. The second-order valence-electron chi connectivity index (χ2n) is 4.90. The average Bonchev–Trinajstić information content (AvgIpc) is 2.38. The molecule has 0 amide bonds. The number of halogens is 1. The van der Waals surface area contributed by atoms with Gasteiger partial charge in [-0.3, -0.25) is 0 Å². The summed E-state index contributed by atoms with van der Waals surface area (Å²) in [7, 11) is -1.55. The number of sulfonamides is 1. The molecule has 1 saturated heterocycles. The summed E-state index contributed by atoms with van der Waals surface area (Å²) in [6, 6.07) is 5.14. The fourth-order valence-corrected chi connectivity index (χ4v) is 4.39. The molecular formula is C13H19ClN2O2S. The minimum Gasteiger partial charge on any atom is -0.316 e. The lowest BCUT2D eigenvalue weighted by molar-refractivity contribution is 0.292. The Hall–Kier alpha value is -0.620. The fraction of sp³-hybridized carbons (Fsp3) is 0.538. The van der Waals surface area contributed by atoms with Crippen LogP contribution in [0.3, 0.4) is 0 Å². The molecular weight excluding hydrogens is 284 g/mol. The first-order valence-corrected chi connectivity index (χ1v) is 8.20. The van der Waals surface area contributed by atoms with Crippen LogP contribution in [0.1, 0.15) is 18.4 Å². The molecule has 1 N–H and O–H groups in total. The van der Waals surface area contributed by atoms with Crippen LogP contribution in [0, 0.1) is 6.92 Å². The van der Waals surface area contributed by atoms with E-state index in [0.717, 1.165) is 12.8 Å². The van der Waals surface area contributed by atoms with Crippen molar-refractivity contribution in [2.24, 2.45) is 0 Å². The Labute approximate surface area is 119 Å². The summed E-state index contributed by atoms with van der Waals surface area (Å²) >= 11 is 5.88. The zero-order chi connectivity index (χ0) is 14.0. The number of piperidine rings is 1. The van der Waals surface area contributed by atoms with Gasteiger partial charge in [0, 0.05) is 24.2 Å². The molecule has 6 heteroatoms. The summed E-state index contributed by atoms with van der Waals surface area (Å²) in [6.45, 7) is 2.89. The standard InChI is InChI=1S/C13H19ClN2O2S/c1-10-8-11(14)5-6-13(10)19(17,18)16-7-3-4-12(9-16)15-2/h5-6,8,12,15H,3-4,7,9H2,1-2H3/t12-/m1/s1. The van der Waals surface area contributed by atoms with E-state index in [0.29, 0.717) is 28.6 Å². The van der Waals surface area contributed by atoms with Gasteiger partial charge in [-0.15, -0.1) is 0 Å². The second kappa shape index (κ2) is 5.79. The smallest absolute Gasteiger partial charge is 0.243 e. The molecule has 1 aliphatic heterocycles. The van der Waals surface area contributed by atoms with Crippen molar-refractivity contribution in [3.63, 3.8) is 0 Å². The van der Waals surface area contributed by atoms with Crippen molar-refractivity contribution in [1.82, 2.24) is 9.62 Å². The van der Waals surface area contributed by atoms with Gasteiger partial charge in [0.05, 0.1) is 4.90 Å². The van der Waals surface area contributed by atoms with Crippen molar-refractivity contribution in [2.45, 2.75) is 30.7 Å². The van der Waals surface area contributed by atoms with Gasteiger partial charge in [0.2, 0.25) is 10.0 Å². The Morgan fingerprint density at radius 3 is 2.79 bits per heavy atom. The van der Waals surface area contributed by atoms with Gasteiger partial charge < -0.3 is 5.32 Å². The lowest BCUT2D eigenvalue weighted by atomic mass is 10.1. The zero-order valence-corrected chi connectivity index (χ0v) is 12.8. The van der Waals surface area contributed by atoms with Crippen LogP contribution in [0.15, 0.2) is 23.1 Å². The van der Waals surface area contributed by atoms with Gasteiger partial charge in [0.1, 0.15) is 0 Å². The Morgan fingerprint density at radius 1 is 1.42 bits per heavy atom. The number of likely N-dealkylation sites (N-methyl/N-ethyl adjacent to an activating group) is 1. The van der Waals surface area contributed by atoms with Crippen LogP contribution >= 0.6 is 11.6 Å². The van der Waals surface area contributed by atoms with E-state index in [-0.39, 0.29) is 6.04 Å². The number of nitrogens with one attached hydrogen (secondary N) is 1. The summed E-state index contributed by atoms with van der Waals surface area (Å²) in [6.07, 6.45) is 1.90. The molecule has 0 radical (unpaired) electrons. The normalized spacial score (nSPS) is 21.5. The van der Waals surface area contributed by atoms with Crippen LogP contribution in [0.25, 0.3) is 0 Å². The molecule has 0 aromatic heterocycles. The molecule has 1 fully saturated rings. The largest absolute Gasteiger partial charge is 0.316 e. The van der Waals surface area contributed by atoms with Crippen molar-refractivity contribution in [2.75, 3.05) is 20.1 Å². The molecule has 0 unspecified atom stereocenters. The Morgan fingerprint density at radius 2 is 2.16 bits per heavy atom. The van der Waals surface area contributed by atoms with Crippen molar-refractivity contribution in [3.8, 4) is 0 Å². The van der Waals surface area contributed by atoms with Crippen LogP contribution in [0.2, 0.25) is 5.02 Å². The number of benzene rings is 1. The number of hydrogen-bond acceptors (Lipinski definition) is 3. The predicted octanol–water partition coefficient (Wildman–Crippen LogP) is 2.02. The van der Waals surface area contributed by atoms with Gasteiger partial charge in [0.25, 0.3) is 0 Å². The molecule has 2 rings (SSSR count). The minimum atomic E-state index is -3.42. The summed E-state index contributed by atoms with van der Waals surface area (Å²) in [5.74, 6) is 0. The molecule has 0 aliphatic carbocycles. The highest BCUT2D eigenvalue weighted by Gasteiger charge is 2.30. The SMILES string of the molecule is CN[C@@H]1CCCN(S(=O)(=O)c2ccc(Cl)cc2C)C1. The first-order valence-electron chi connectivity index (χ1n) is 6.38. The van der Waals surface area contributed by atoms with Gasteiger partial charge in [-0.2, -0.15) is 4.31 Å². The molecule has 1 aromatic carbocycles. The fourth-order valence-electron chi connectivity index (χ4n) is 2.44. The van der Waals surface area contributed by atoms with Crippen LogP contribution in [0.4, 0.5) is 0 Å². The quantitative estimate of drug-likeness (QED) is 0.929. The van der Waals surface area contributed by atoms with E-state index in [1.54, 1.807) is 29.4 Å². The molecule has 106 valence electrons. The molecule has 19 heavy (non-hydrogen) atoms. The number of hydrogen-bond donors (Lipinski definition) is 1. The first kappa shape index (κ1) is 14.8. The lowest BCUT2D eigenvalue weighted by Crippen LogP contribution is -2.46. The van der Waals surface area contributed by atoms with Gasteiger partial charge in [-0.05, 0) is 50.6 Å². The predicted molar refractivity (Wildman–Crippen MR) is 77.0 cm³/mol. The zero-order valence-electron chi connectivity index (χ0n) is 11.2. The summed E-state index contributed by atoms with van der Waals surface area (Å²) < 4.78 is 26.8. The summed E-state index contributed by atoms with van der Waals surface area (Å²) in [4.78, 5) is 0.355. The monoisotopic (exact) mass is 302 g/mol. The average molecular weight is 303 g/mol. The van der Waals surface area contributed by atoms with E-state index in [4.69, 9.17) is 11.6 Å². The van der Waals surface area contributed by atoms with E-state index in [1.165, 1.54) is 0 Å². The van der Waals surface area contributed by atoms with Crippen LogP contribution < -0.4 is 5.32 Å². The first-order chi connectivity index (χ1) is 8.95. The van der Waals surface area contributed by atoms with Crippen LogP contribution in [0.5, 0.6) is 0 Å². The highest BCUT2D eigenvalue weighted by molar-refractivity contribution is 7.89. The third kappa shape index (κ3) is 3.11. The molecule has 0 spiro atoms. The summed E-state index contributed by atoms with van der Waals surface area (Å²) in [5.41, 5.74) is 0.694. The van der Waals surface area contributed by atoms with E-state index in [1.807, 2.05) is 7.05 Å². The topological polar surface area (TPSA) is 49.4 Å². The molecule has 0 bridgehead atoms. The maximum absolute atomic E-state index is 12.6. The maximum Gasteiger partial charge on any atom is 0.243 e. The minimum absolute atomic E-state index is 0.233. The molecule has 1 aliphatic rings. The third-order valence-electron chi connectivity index (χ3n) is 3.55. The van der Waals surface area contributed by atoms with Gasteiger partial charge in [-0.25, -0.2) is 8.42 Å². The number of nitrogens with zero attached hydrogens (tertiary/aromatic N) is 1. The number of rotatable bonds is 3. The van der Waals surface area contributed by atoms with Crippen molar-refractivity contribution >= 4 is 21.6 Å². The second-order valence-corrected chi connectivity index (χ2v) is 7.24. The molecule has 4 nitrogen and oxygen atoms in total. The van der Waals surface area contributed by atoms with E-state index < -0.39 is 10.0 Å². The van der Waals surface area contributed by atoms with Crippen molar-refractivity contribution in [3.05, 3.63) is 28.8 Å². The van der Waals surface area contributed by atoms with E-state index in [2.05, 4.69) is 5.32 Å². The van der Waals surface area contributed by atoms with Crippen molar-refractivity contribution < 1.29 is 8.42 Å². The van der Waals surface area contributed by atoms with E-state index in [9.17, 15) is 8.42 Å². The van der Waals surface area contributed by atoms with Gasteiger partial charge >= 0.3 is 0 Å². The third-order valence-corrected chi connectivity index (χ3v) is 5.81. The lowest BCUT2D eigenvalue weighted by Gasteiger charge is -2.32. The Balaban J connectivity index is 2.31. The van der Waals surface area contributed by atoms with Crippen LogP contribution in [-0.4, -0.2) is 38.9 Å². The van der Waals surface area contributed by atoms with Crippen LogP contribution in [-0.2, 0) is 10.0 Å². The van der Waals surface area contributed by atoms with Gasteiger partial charge in [0.15, 0.2) is 0 Å². The molecule has 1 heterocycles. The van der Waals surface area contributed by atoms with Gasteiger partial charge in [-0.1, -0.05) is 11.6 Å².